The van der Waals surface area contributed by atoms with Crippen molar-refractivity contribution in [2.45, 2.75) is 46.3 Å². The normalized spacial score (nSPS) is 19.2. The van der Waals surface area contributed by atoms with Gasteiger partial charge in [-0.25, -0.2) is 0 Å². The molecule has 1 aromatic rings. The minimum absolute atomic E-state index is 0.0628. The van der Waals surface area contributed by atoms with E-state index in [0.717, 1.165) is 31.9 Å². The average molecular weight is 304 g/mol. The predicted molar refractivity (Wildman–Crippen MR) is 88.9 cm³/mol. The van der Waals surface area contributed by atoms with Crippen molar-refractivity contribution in [3.63, 3.8) is 0 Å². The van der Waals surface area contributed by atoms with Crippen LogP contribution in [0.3, 0.4) is 0 Å². The van der Waals surface area contributed by atoms with Crippen LogP contribution in [0.25, 0.3) is 0 Å². The quantitative estimate of drug-likeness (QED) is 0.878. The second-order valence-electron chi connectivity index (χ2n) is 6.45. The topological polar surface area (TPSA) is 41.6 Å². The predicted octanol–water partition coefficient (Wildman–Crippen LogP) is 2.82. The largest absolute Gasteiger partial charge is 0.491 e. The first-order valence-electron chi connectivity index (χ1n) is 8.26. The van der Waals surface area contributed by atoms with E-state index in [2.05, 4.69) is 36.2 Å². The first kappa shape index (κ1) is 16.8. The number of nitrogens with one attached hydrogen (secondary N) is 1. The maximum atomic E-state index is 11.1. The van der Waals surface area contributed by atoms with E-state index >= 15 is 0 Å². The highest BCUT2D eigenvalue weighted by Crippen LogP contribution is 2.24. The summed E-state index contributed by atoms with van der Waals surface area (Å²) in [5, 5.41) is 2.95. The van der Waals surface area contributed by atoms with Gasteiger partial charge in [-0.3, -0.25) is 9.69 Å². The number of nitrogens with zero attached hydrogens (tertiary/aromatic N) is 1. The average Bonchev–Trinajstić information content (AvgIpc) is 2.47. The maximum Gasteiger partial charge on any atom is 0.216 e. The number of carbonyl (C=O) groups excluding carboxylic acids is 1. The molecule has 2 rings (SSSR count). The summed E-state index contributed by atoms with van der Waals surface area (Å²) < 4.78 is 5.91. The highest BCUT2D eigenvalue weighted by atomic mass is 16.5. The lowest BCUT2D eigenvalue weighted by Gasteiger charge is -2.33. The molecule has 0 aliphatic carbocycles. The fourth-order valence-electron chi connectivity index (χ4n) is 2.99. The summed E-state index contributed by atoms with van der Waals surface area (Å²) in [6, 6.07) is 8.29. The van der Waals surface area contributed by atoms with E-state index in [0.29, 0.717) is 5.92 Å². The Morgan fingerprint density at radius 1 is 1.41 bits per heavy atom. The number of benzene rings is 1. The summed E-state index contributed by atoms with van der Waals surface area (Å²) in [6.45, 7) is 9.56. The van der Waals surface area contributed by atoms with Gasteiger partial charge in [0.15, 0.2) is 0 Å². The molecule has 1 aliphatic heterocycles. The molecule has 4 nitrogen and oxygen atoms in total. The van der Waals surface area contributed by atoms with Crippen LogP contribution in [-0.4, -0.2) is 36.5 Å². The Kier molecular flexibility index (Phi) is 6.25. The van der Waals surface area contributed by atoms with Crippen LogP contribution in [0.15, 0.2) is 24.3 Å². The lowest BCUT2D eigenvalue weighted by atomic mass is 9.97. The lowest BCUT2D eigenvalue weighted by molar-refractivity contribution is -0.119. The molecule has 1 fully saturated rings. The number of ether oxygens (including phenoxy) is 1. The van der Waals surface area contributed by atoms with Gasteiger partial charge < -0.3 is 10.1 Å². The highest BCUT2D eigenvalue weighted by Gasteiger charge is 2.21. The molecule has 122 valence electrons. The smallest absolute Gasteiger partial charge is 0.216 e. The molecule has 4 heteroatoms. The van der Waals surface area contributed by atoms with E-state index in [4.69, 9.17) is 4.74 Å². The summed E-state index contributed by atoms with van der Waals surface area (Å²) in [4.78, 5) is 13.5. The lowest BCUT2D eigenvalue weighted by Crippen LogP contribution is -2.40. The molecule has 1 atom stereocenters. The first-order chi connectivity index (χ1) is 10.5. The molecule has 1 N–H and O–H groups in total. The number of para-hydroxylation sites is 1. The van der Waals surface area contributed by atoms with Crippen molar-refractivity contribution >= 4 is 5.91 Å². The van der Waals surface area contributed by atoms with Crippen LogP contribution in [0.2, 0.25) is 0 Å². The van der Waals surface area contributed by atoms with Crippen molar-refractivity contribution in [3.05, 3.63) is 29.8 Å². The molecule has 0 aromatic heterocycles. The third-order valence-corrected chi connectivity index (χ3v) is 3.97. The van der Waals surface area contributed by atoms with Crippen molar-refractivity contribution in [2.24, 2.45) is 5.92 Å². The Labute approximate surface area is 133 Å². The second kappa shape index (κ2) is 8.18. The van der Waals surface area contributed by atoms with Crippen LogP contribution in [0.1, 0.15) is 39.2 Å². The summed E-state index contributed by atoms with van der Waals surface area (Å²) >= 11 is 0. The van der Waals surface area contributed by atoms with Crippen molar-refractivity contribution in [1.82, 2.24) is 10.2 Å². The molecule has 1 amide bonds. The zero-order valence-electron chi connectivity index (χ0n) is 14.0. The highest BCUT2D eigenvalue weighted by molar-refractivity contribution is 5.72. The van der Waals surface area contributed by atoms with Crippen molar-refractivity contribution in [3.8, 4) is 5.75 Å². The molecular formula is C18H28N2O2. The Hall–Kier alpha value is -1.55. The maximum absolute atomic E-state index is 11.1. The van der Waals surface area contributed by atoms with Crippen LogP contribution in [0.4, 0.5) is 0 Å². The molecule has 0 spiro atoms. The Bertz CT molecular complexity index is 488. The third kappa shape index (κ3) is 5.34. The van der Waals surface area contributed by atoms with E-state index in [1.807, 2.05) is 12.1 Å². The van der Waals surface area contributed by atoms with Gasteiger partial charge in [-0.2, -0.15) is 0 Å². The van der Waals surface area contributed by atoms with Gasteiger partial charge in [0.2, 0.25) is 5.91 Å². The van der Waals surface area contributed by atoms with Crippen molar-refractivity contribution in [2.75, 3.05) is 19.6 Å². The van der Waals surface area contributed by atoms with E-state index < -0.39 is 0 Å². The number of hydrogen-bond acceptors (Lipinski definition) is 3. The van der Waals surface area contributed by atoms with Gasteiger partial charge in [-0.15, -0.1) is 0 Å². The van der Waals surface area contributed by atoms with Gasteiger partial charge in [0.05, 0.1) is 6.10 Å². The number of rotatable bonds is 6. The van der Waals surface area contributed by atoms with Crippen molar-refractivity contribution in [1.29, 1.82) is 0 Å². The van der Waals surface area contributed by atoms with Crippen LogP contribution in [-0.2, 0) is 11.3 Å². The summed E-state index contributed by atoms with van der Waals surface area (Å²) in [5.74, 6) is 1.60. The zero-order chi connectivity index (χ0) is 15.9. The number of hydrogen-bond donors (Lipinski definition) is 1. The molecule has 22 heavy (non-hydrogen) atoms. The van der Waals surface area contributed by atoms with Crippen LogP contribution < -0.4 is 10.1 Å². The number of piperidine rings is 1. The number of likely N-dealkylation sites (tertiary alicyclic amines) is 1. The van der Waals surface area contributed by atoms with Crippen LogP contribution in [0, 0.1) is 5.92 Å². The molecule has 1 unspecified atom stereocenters. The Morgan fingerprint density at radius 2 is 2.18 bits per heavy atom. The minimum Gasteiger partial charge on any atom is -0.491 e. The fourth-order valence-corrected chi connectivity index (χ4v) is 2.99. The minimum atomic E-state index is 0.0628. The molecule has 0 saturated carbocycles. The van der Waals surface area contributed by atoms with Gasteiger partial charge >= 0.3 is 0 Å². The van der Waals surface area contributed by atoms with E-state index in [9.17, 15) is 4.79 Å². The van der Waals surface area contributed by atoms with E-state index in [1.165, 1.54) is 18.4 Å². The van der Waals surface area contributed by atoms with Crippen molar-refractivity contribution < 1.29 is 9.53 Å². The Balaban J connectivity index is 1.94. The standard InChI is InChI=1S/C18H28N2O2/c1-14(2)22-18-9-5-4-8-17(18)13-20-10-6-7-16(12-20)11-19-15(3)21/h4-5,8-9,14,16H,6-7,10-13H2,1-3H3,(H,19,21). The number of carbonyl (C=O) groups is 1. The zero-order valence-corrected chi connectivity index (χ0v) is 14.0. The molecular weight excluding hydrogens is 276 g/mol. The van der Waals surface area contributed by atoms with E-state index in [-0.39, 0.29) is 12.0 Å². The monoisotopic (exact) mass is 304 g/mol. The summed E-state index contributed by atoms with van der Waals surface area (Å²) in [5.41, 5.74) is 1.25. The van der Waals surface area contributed by atoms with Crippen LogP contribution in [0.5, 0.6) is 5.75 Å². The first-order valence-corrected chi connectivity index (χ1v) is 8.26. The summed E-state index contributed by atoms with van der Waals surface area (Å²) in [7, 11) is 0. The SMILES string of the molecule is CC(=O)NCC1CCCN(Cc2ccccc2OC(C)C)C1. The van der Waals surface area contributed by atoms with Gasteiger partial charge in [0, 0.05) is 32.1 Å². The van der Waals surface area contributed by atoms with Gasteiger partial charge in [-0.05, 0) is 45.2 Å². The summed E-state index contributed by atoms with van der Waals surface area (Å²) in [6.07, 6.45) is 2.58. The second-order valence-corrected chi connectivity index (χ2v) is 6.45. The third-order valence-electron chi connectivity index (χ3n) is 3.97. The molecule has 0 radical (unpaired) electrons. The van der Waals surface area contributed by atoms with Gasteiger partial charge in [0.25, 0.3) is 0 Å². The number of amides is 1. The molecule has 0 bridgehead atoms. The van der Waals surface area contributed by atoms with E-state index in [1.54, 1.807) is 6.92 Å². The Morgan fingerprint density at radius 3 is 2.91 bits per heavy atom. The van der Waals surface area contributed by atoms with Crippen LogP contribution >= 0.6 is 0 Å². The molecule has 1 aliphatic rings. The van der Waals surface area contributed by atoms with Gasteiger partial charge in [-0.1, -0.05) is 18.2 Å². The molecule has 1 heterocycles. The fraction of sp³-hybridized carbons (Fsp3) is 0.611. The molecule has 1 aromatic carbocycles. The molecule has 1 saturated heterocycles. The van der Waals surface area contributed by atoms with Gasteiger partial charge in [0.1, 0.15) is 5.75 Å².